The fourth-order valence-corrected chi connectivity index (χ4v) is 2.80. The number of rotatable bonds is 0. The van der Waals surface area contributed by atoms with Gasteiger partial charge in [-0.2, -0.15) is 0 Å². The fourth-order valence-electron chi connectivity index (χ4n) is 2.80. The number of nitrogens with one attached hydrogen (secondary N) is 2. The molecule has 1 aromatic heterocycles. The molecule has 0 aliphatic carbocycles. The first-order valence-corrected chi connectivity index (χ1v) is 6.76. The number of hydrogen-bond acceptors (Lipinski definition) is 2. The smallest absolute Gasteiger partial charge is 0.104 e. The lowest BCUT2D eigenvalue weighted by molar-refractivity contribution is 1.41. The first kappa shape index (κ1) is 11.3. The summed E-state index contributed by atoms with van der Waals surface area (Å²) in [5.74, 6) is 0.915. The van der Waals surface area contributed by atoms with Gasteiger partial charge in [-0.1, -0.05) is 29.8 Å². The maximum atomic E-state index is 4.75. The Labute approximate surface area is 117 Å². The molecule has 20 heavy (non-hydrogen) atoms. The molecule has 2 heterocycles. The third-order valence-electron chi connectivity index (χ3n) is 3.72. The van der Waals surface area contributed by atoms with Gasteiger partial charge in [-0.15, -0.1) is 0 Å². The first-order chi connectivity index (χ1) is 9.72. The largest absolute Gasteiger partial charge is 0.353 e. The van der Waals surface area contributed by atoms with Crippen LogP contribution in [-0.2, 0) is 0 Å². The molecule has 2 N–H and O–H groups in total. The van der Waals surface area contributed by atoms with Gasteiger partial charge in [0.05, 0.1) is 11.4 Å². The topological polar surface area (TPSA) is 40.2 Å². The zero-order valence-electron chi connectivity index (χ0n) is 11.5. The van der Waals surface area contributed by atoms with Gasteiger partial charge in [0.1, 0.15) is 5.84 Å². The predicted octanol–water partition coefficient (Wildman–Crippen LogP) is 4.62. The summed E-state index contributed by atoms with van der Waals surface area (Å²) in [6.45, 7) is 4.11. The van der Waals surface area contributed by atoms with E-state index < -0.39 is 0 Å². The summed E-state index contributed by atoms with van der Waals surface area (Å²) < 4.78 is 0. The number of anilines is 1. The van der Waals surface area contributed by atoms with Crippen molar-refractivity contribution in [2.24, 2.45) is 4.99 Å². The zero-order chi connectivity index (χ0) is 13.7. The Bertz CT molecular complexity index is 856. The monoisotopic (exact) mass is 261 g/mol. The number of benzene rings is 2. The molecule has 0 unspecified atom stereocenters. The lowest BCUT2D eigenvalue weighted by atomic mass is 10.1. The van der Waals surface area contributed by atoms with Crippen LogP contribution in [0.5, 0.6) is 0 Å². The van der Waals surface area contributed by atoms with Crippen molar-refractivity contribution in [1.82, 2.24) is 4.98 Å². The second kappa shape index (κ2) is 3.97. The average molecular weight is 261 g/mol. The number of hydrogen-bond donors (Lipinski definition) is 2. The van der Waals surface area contributed by atoms with Crippen molar-refractivity contribution in [3.63, 3.8) is 0 Å². The minimum atomic E-state index is 0.915. The normalized spacial score (nSPS) is 13.2. The third kappa shape index (κ3) is 1.56. The van der Waals surface area contributed by atoms with Crippen LogP contribution in [0.3, 0.4) is 0 Å². The first-order valence-electron chi connectivity index (χ1n) is 6.76. The van der Waals surface area contributed by atoms with Gasteiger partial charge < -0.3 is 10.3 Å². The summed E-state index contributed by atoms with van der Waals surface area (Å²) in [7, 11) is 0. The van der Waals surface area contributed by atoms with Crippen molar-refractivity contribution in [1.29, 1.82) is 0 Å². The van der Waals surface area contributed by atoms with E-state index in [1.165, 1.54) is 11.1 Å². The molecule has 3 aromatic rings. The van der Waals surface area contributed by atoms with Crippen molar-refractivity contribution in [3.05, 3.63) is 48.0 Å². The van der Waals surface area contributed by atoms with Gasteiger partial charge in [0.25, 0.3) is 0 Å². The van der Waals surface area contributed by atoms with Crippen LogP contribution in [0.25, 0.3) is 22.2 Å². The molecule has 1 aliphatic heterocycles. The molecular weight excluding hydrogens is 246 g/mol. The number of aromatic nitrogens is 1. The lowest BCUT2D eigenvalue weighted by Crippen LogP contribution is -2.06. The number of H-pyrrole nitrogens is 1. The standard InChI is InChI=1S/C17H15N3/c1-10-7-8-15-13(9-10)17-16(19-11(2)18-15)12-5-3-4-6-14(12)20-17/h3-9,20H,1-2H3,(H,18,19). The molecule has 0 bridgehead atoms. The van der Waals surface area contributed by atoms with E-state index in [9.17, 15) is 0 Å². The van der Waals surface area contributed by atoms with E-state index in [0.717, 1.165) is 33.8 Å². The van der Waals surface area contributed by atoms with E-state index in [0.29, 0.717) is 0 Å². The molecule has 0 spiro atoms. The molecule has 3 nitrogen and oxygen atoms in total. The molecule has 3 heteroatoms. The Hall–Kier alpha value is -2.55. The number of nitrogens with zero attached hydrogens (tertiary/aromatic N) is 1. The molecule has 4 rings (SSSR count). The molecule has 0 saturated carbocycles. The Kier molecular flexibility index (Phi) is 2.24. The SMILES string of the molecule is CC1=Nc2c([nH]c3ccccc23)-c2cc(C)ccc2N1. The van der Waals surface area contributed by atoms with Crippen molar-refractivity contribution in [3.8, 4) is 11.3 Å². The molecule has 0 saturated heterocycles. The molecule has 0 fully saturated rings. The second-order valence-corrected chi connectivity index (χ2v) is 5.27. The van der Waals surface area contributed by atoms with Crippen LogP contribution < -0.4 is 5.32 Å². The second-order valence-electron chi connectivity index (χ2n) is 5.27. The van der Waals surface area contributed by atoms with Crippen molar-refractivity contribution in [2.45, 2.75) is 13.8 Å². The van der Waals surface area contributed by atoms with Crippen LogP contribution in [0.2, 0.25) is 0 Å². The van der Waals surface area contributed by atoms with Gasteiger partial charge >= 0.3 is 0 Å². The summed E-state index contributed by atoms with van der Waals surface area (Å²) in [5.41, 5.74) is 6.77. The van der Waals surface area contributed by atoms with Crippen LogP contribution in [0.1, 0.15) is 12.5 Å². The summed E-state index contributed by atoms with van der Waals surface area (Å²) in [4.78, 5) is 8.26. The zero-order valence-corrected chi connectivity index (χ0v) is 11.5. The number of para-hydroxylation sites is 1. The molecule has 0 atom stereocenters. The molecule has 98 valence electrons. The van der Waals surface area contributed by atoms with Crippen LogP contribution in [0.15, 0.2) is 47.5 Å². The summed E-state index contributed by atoms with van der Waals surface area (Å²) in [6.07, 6.45) is 0. The summed E-state index contributed by atoms with van der Waals surface area (Å²) in [6, 6.07) is 14.7. The molecule has 0 amide bonds. The van der Waals surface area contributed by atoms with Crippen molar-refractivity contribution < 1.29 is 0 Å². The number of aliphatic imine (C=N–C) groups is 1. The van der Waals surface area contributed by atoms with Gasteiger partial charge in [0, 0.05) is 22.2 Å². The molecule has 2 aromatic carbocycles. The fraction of sp³-hybridized carbons (Fsp3) is 0.118. The third-order valence-corrected chi connectivity index (χ3v) is 3.72. The van der Waals surface area contributed by atoms with Gasteiger partial charge in [-0.3, -0.25) is 0 Å². The maximum absolute atomic E-state index is 4.75. The minimum Gasteiger partial charge on any atom is -0.353 e. The lowest BCUT2D eigenvalue weighted by Gasteiger charge is -2.08. The van der Waals surface area contributed by atoms with E-state index >= 15 is 0 Å². The van der Waals surface area contributed by atoms with E-state index in [1.807, 2.05) is 13.0 Å². The Morgan fingerprint density at radius 3 is 2.75 bits per heavy atom. The van der Waals surface area contributed by atoms with Crippen molar-refractivity contribution in [2.75, 3.05) is 5.32 Å². The summed E-state index contributed by atoms with van der Waals surface area (Å²) >= 11 is 0. The van der Waals surface area contributed by atoms with Gasteiger partial charge in [0.15, 0.2) is 0 Å². The minimum absolute atomic E-state index is 0.915. The maximum Gasteiger partial charge on any atom is 0.104 e. The number of aromatic amines is 1. The molecular formula is C17H15N3. The molecule has 1 aliphatic rings. The quantitative estimate of drug-likeness (QED) is 0.609. The Morgan fingerprint density at radius 2 is 1.85 bits per heavy atom. The van der Waals surface area contributed by atoms with Gasteiger partial charge in [-0.05, 0) is 32.0 Å². The number of fused-ring (bicyclic) bond motifs is 5. The highest BCUT2D eigenvalue weighted by Crippen LogP contribution is 2.42. The van der Waals surface area contributed by atoms with Crippen LogP contribution in [0.4, 0.5) is 11.4 Å². The van der Waals surface area contributed by atoms with Gasteiger partial charge in [0.2, 0.25) is 0 Å². The van der Waals surface area contributed by atoms with E-state index in [2.05, 4.69) is 53.6 Å². The summed E-state index contributed by atoms with van der Waals surface area (Å²) in [5, 5.41) is 4.54. The highest BCUT2D eigenvalue weighted by Gasteiger charge is 2.18. The number of aryl methyl sites for hydroxylation is 1. The number of amidine groups is 1. The Morgan fingerprint density at radius 1 is 1.00 bits per heavy atom. The molecule has 0 radical (unpaired) electrons. The van der Waals surface area contributed by atoms with Crippen LogP contribution >= 0.6 is 0 Å². The van der Waals surface area contributed by atoms with Crippen LogP contribution in [0, 0.1) is 6.92 Å². The van der Waals surface area contributed by atoms with E-state index in [1.54, 1.807) is 0 Å². The Balaban J connectivity index is 2.14. The van der Waals surface area contributed by atoms with E-state index in [4.69, 9.17) is 4.99 Å². The van der Waals surface area contributed by atoms with Crippen LogP contribution in [-0.4, -0.2) is 10.8 Å². The van der Waals surface area contributed by atoms with Crippen molar-refractivity contribution >= 4 is 28.1 Å². The highest BCUT2D eigenvalue weighted by atomic mass is 15.0. The average Bonchev–Trinajstić information content (AvgIpc) is 2.73. The predicted molar refractivity (Wildman–Crippen MR) is 84.9 cm³/mol. The highest BCUT2D eigenvalue weighted by molar-refractivity contribution is 6.09. The van der Waals surface area contributed by atoms with Gasteiger partial charge in [-0.25, -0.2) is 4.99 Å². The van der Waals surface area contributed by atoms with E-state index in [-0.39, 0.29) is 0 Å².